The first-order valence-electron chi connectivity index (χ1n) is 9.84. The number of aromatic nitrogens is 1. The van der Waals surface area contributed by atoms with Crippen LogP contribution in [0, 0.1) is 0 Å². The van der Waals surface area contributed by atoms with Crippen LogP contribution in [-0.2, 0) is 22.3 Å². The first kappa shape index (κ1) is 21.6. The van der Waals surface area contributed by atoms with Crippen molar-refractivity contribution >= 4 is 29.2 Å². The average Bonchev–Trinajstić information content (AvgIpc) is 3.02. The maximum atomic E-state index is 12.9. The Morgan fingerprint density at radius 3 is 2.35 bits per heavy atom. The lowest BCUT2D eigenvalue weighted by Crippen LogP contribution is -2.52. The number of amides is 2. The lowest BCUT2D eigenvalue weighted by Gasteiger charge is -2.37. The van der Waals surface area contributed by atoms with Gasteiger partial charge in [0.1, 0.15) is 5.82 Å². The van der Waals surface area contributed by atoms with Crippen molar-refractivity contribution in [3.05, 3.63) is 58.7 Å². The molecule has 0 bridgehead atoms. The molecule has 6 nitrogen and oxygen atoms in total. The van der Waals surface area contributed by atoms with E-state index in [1.54, 1.807) is 4.90 Å². The summed E-state index contributed by atoms with van der Waals surface area (Å²) in [6, 6.07) is 9.68. The molecule has 10 heteroatoms. The number of hydrogen-bond acceptors (Lipinski definition) is 5. The quantitative estimate of drug-likeness (QED) is 0.667. The number of anilines is 1. The van der Waals surface area contributed by atoms with Crippen LogP contribution in [0.2, 0.25) is 5.02 Å². The van der Waals surface area contributed by atoms with Gasteiger partial charge in [0, 0.05) is 32.4 Å². The molecule has 2 amide bonds. The standard InChI is InChI=1S/C21H20ClF3N4O2/c22-16-10-15(21(23,24)25)12-26-19(16)28-8-6-27(7-9-28)17-11-18(30)29(20(17)31)13-14-4-2-1-3-5-14/h1-5,10,12,17H,6-9,11,13H2. The summed E-state index contributed by atoms with van der Waals surface area (Å²) >= 11 is 6.05. The second kappa shape index (κ2) is 8.47. The number of nitrogens with zero attached hydrogens (tertiary/aromatic N) is 4. The summed E-state index contributed by atoms with van der Waals surface area (Å²) in [5.74, 6) is -0.129. The van der Waals surface area contributed by atoms with Crippen LogP contribution in [0.3, 0.4) is 0 Å². The maximum Gasteiger partial charge on any atom is 0.417 e. The van der Waals surface area contributed by atoms with Crippen molar-refractivity contribution in [2.75, 3.05) is 31.1 Å². The zero-order valence-electron chi connectivity index (χ0n) is 16.5. The van der Waals surface area contributed by atoms with E-state index in [-0.39, 0.29) is 35.6 Å². The monoisotopic (exact) mass is 452 g/mol. The fourth-order valence-corrected chi connectivity index (χ4v) is 4.23. The van der Waals surface area contributed by atoms with Gasteiger partial charge in [-0.3, -0.25) is 19.4 Å². The minimum Gasteiger partial charge on any atom is -0.353 e. The van der Waals surface area contributed by atoms with Crippen LogP contribution in [-0.4, -0.2) is 58.8 Å². The number of likely N-dealkylation sites (tertiary alicyclic amines) is 1. The van der Waals surface area contributed by atoms with Gasteiger partial charge < -0.3 is 4.90 Å². The summed E-state index contributed by atoms with van der Waals surface area (Å²) in [5, 5.41) is -0.0653. The molecule has 1 unspecified atom stereocenters. The van der Waals surface area contributed by atoms with Crippen LogP contribution < -0.4 is 4.90 Å². The number of carbonyl (C=O) groups excluding carboxylic acids is 2. The van der Waals surface area contributed by atoms with Gasteiger partial charge in [0.25, 0.3) is 0 Å². The van der Waals surface area contributed by atoms with Gasteiger partial charge in [-0.1, -0.05) is 41.9 Å². The molecule has 1 aromatic heterocycles. The predicted molar refractivity (Wildman–Crippen MR) is 108 cm³/mol. The summed E-state index contributed by atoms with van der Waals surface area (Å²) in [5.41, 5.74) is -0.00820. The topological polar surface area (TPSA) is 56.8 Å². The Hall–Kier alpha value is -2.65. The van der Waals surface area contributed by atoms with Crippen LogP contribution in [0.5, 0.6) is 0 Å². The van der Waals surface area contributed by atoms with Crippen LogP contribution in [0.1, 0.15) is 17.5 Å². The smallest absolute Gasteiger partial charge is 0.353 e. The van der Waals surface area contributed by atoms with Crippen molar-refractivity contribution in [1.82, 2.24) is 14.8 Å². The minimum absolute atomic E-state index is 0.0653. The first-order valence-corrected chi connectivity index (χ1v) is 10.2. The Kier molecular flexibility index (Phi) is 5.90. The van der Waals surface area contributed by atoms with Gasteiger partial charge in [0.2, 0.25) is 11.8 Å². The number of imide groups is 1. The third-order valence-corrected chi connectivity index (χ3v) is 5.89. The largest absolute Gasteiger partial charge is 0.417 e. The Bertz CT molecular complexity index is 978. The predicted octanol–water partition coefficient (Wildman–Crippen LogP) is 3.20. The summed E-state index contributed by atoms with van der Waals surface area (Å²) in [6.07, 6.45) is -3.60. The highest BCUT2D eigenvalue weighted by molar-refractivity contribution is 6.33. The molecule has 2 saturated heterocycles. The van der Waals surface area contributed by atoms with E-state index in [4.69, 9.17) is 11.6 Å². The number of halogens is 4. The summed E-state index contributed by atoms with van der Waals surface area (Å²) in [4.78, 5) is 34.2. The zero-order valence-corrected chi connectivity index (χ0v) is 17.2. The molecule has 2 fully saturated rings. The molecule has 31 heavy (non-hydrogen) atoms. The molecule has 0 N–H and O–H groups in total. The zero-order chi connectivity index (χ0) is 22.2. The molecule has 1 aromatic carbocycles. The second-order valence-corrected chi connectivity index (χ2v) is 7.98. The van der Waals surface area contributed by atoms with E-state index in [9.17, 15) is 22.8 Å². The molecule has 2 aliphatic rings. The highest BCUT2D eigenvalue weighted by Crippen LogP contribution is 2.34. The van der Waals surface area contributed by atoms with E-state index in [1.807, 2.05) is 35.2 Å². The van der Waals surface area contributed by atoms with Crippen molar-refractivity contribution in [1.29, 1.82) is 0 Å². The van der Waals surface area contributed by atoms with Crippen LogP contribution >= 0.6 is 11.6 Å². The molecular formula is C21H20ClF3N4O2. The van der Waals surface area contributed by atoms with Gasteiger partial charge >= 0.3 is 6.18 Å². The fourth-order valence-electron chi connectivity index (χ4n) is 3.95. The lowest BCUT2D eigenvalue weighted by molar-refractivity contribution is -0.140. The molecule has 164 valence electrons. The van der Waals surface area contributed by atoms with E-state index in [0.29, 0.717) is 26.2 Å². The number of piperazine rings is 1. The van der Waals surface area contributed by atoms with Crippen molar-refractivity contribution in [3.8, 4) is 0 Å². The van der Waals surface area contributed by atoms with Crippen molar-refractivity contribution < 1.29 is 22.8 Å². The number of rotatable bonds is 4. The summed E-state index contributed by atoms with van der Waals surface area (Å²) in [6.45, 7) is 2.08. The molecule has 1 atom stereocenters. The SMILES string of the molecule is O=C1CC(N2CCN(c3ncc(C(F)(F)F)cc3Cl)CC2)C(=O)N1Cc1ccccc1. The van der Waals surface area contributed by atoms with Crippen molar-refractivity contribution in [2.45, 2.75) is 25.2 Å². The first-order chi connectivity index (χ1) is 14.7. The van der Waals surface area contributed by atoms with E-state index in [2.05, 4.69) is 4.98 Å². The van der Waals surface area contributed by atoms with Crippen LogP contribution in [0.15, 0.2) is 42.6 Å². The highest BCUT2D eigenvalue weighted by Gasteiger charge is 2.42. The third-order valence-electron chi connectivity index (χ3n) is 5.61. The van der Waals surface area contributed by atoms with E-state index < -0.39 is 17.8 Å². The average molecular weight is 453 g/mol. The van der Waals surface area contributed by atoms with Crippen molar-refractivity contribution in [3.63, 3.8) is 0 Å². The molecular weight excluding hydrogens is 433 g/mol. The Morgan fingerprint density at radius 1 is 1.06 bits per heavy atom. The highest BCUT2D eigenvalue weighted by atomic mass is 35.5. The Morgan fingerprint density at radius 2 is 1.74 bits per heavy atom. The number of pyridine rings is 1. The van der Waals surface area contributed by atoms with Crippen molar-refractivity contribution in [2.24, 2.45) is 0 Å². The maximum absolute atomic E-state index is 12.9. The molecule has 0 aliphatic carbocycles. The van der Waals surface area contributed by atoms with E-state index in [0.717, 1.165) is 17.8 Å². The lowest BCUT2D eigenvalue weighted by atomic mass is 10.1. The summed E-state index contributed by atoms with van der Waals surface area (Å²) in [7, 11) is 0. The van der Waals surface area contributed by atoms with Gasteiger partial charge in [-0.2, -0.15) is 13.2 Å². The molecule has 3 heterocycles. The van der Waals surface area contributed by atoms with Gasteiger partial charge in [0.05, 0.1) is 29.6 Å². The molecule has 2 aromatic rings. The molecule has 0 radical (unpaired) electrons. The van der Waals surface area contributed by atoms with Gasteiger partial charge in [-0.15, -0.1) is 0 Å². The second-order valence-electron chi connectivity index (χ2n) is 7.57. The number of carbonyl (C=O) groups is 2. The van der Waals surface area contributed by atoms with E-state index >= 15 is 0 Å². The molecule has 4 rings (SSSR count). The fraction of sp³-hybridized carbons (Fsp3) is 0.381. The minimum atomic E-state index is -4.51. The molecule has 2 aliphatic heterocycles. The Labute approximate surface area is 182 Å². The van der Waals surface area contributed by atoms with Gasteiger partial charge in [0.15, 0.2) is 0 Å². The summed E-state index contributed by atoms with van der Waals surface area (Å²) < 4.78 is 38.5. The van der Waals surface area contributed by atoms with E-state index in [1.165, 1.54) is 4.90 Å². The number of alkyl halides is 3. The number of benzene rings is 1. The Balaban J connectivity index is 1.39. The number of hydrogen-bond donors (Lipinski definition) is 0. The molecule has 0 spiro atoms. The van der Waals surface area contributed by atoms with Crippen LogP contribution in [0.4, 0.5) is 19.0 Å². The van der Waals surface area contributed by atoms with Crippen LogP contribution in [0.25, 0.3) is 0 Å². The normalized spacial score (nSPS) is 20.6. The third kappa shape index (κ3) is 4.52. The van der Waals surface area contributed by atoms with Gasteiger partial charge in [-0.25, -0.2) is 4.98 Å². The van der Waals surface area contributed by atoms with Gasteiger partial charge in [-0.05, 0) is 11.6 Å². The molecule has 0 saturated carbocycles.